The minimum Gasteiger partial charge on any atom is -0.497 e. The lowest BCUT2D eigenvalue weighted by molar-refractivity contribution is 0.395. The highest BCUT2D eigenvalue weighted by molar-refractivity contribution is 5.70. The van der Waals surface area contributed by atoms with Crippen LogP contribution in [0.2, 0.25) is 0 Å². The molecular formula is C16H16N2O3. The molecule has 1 N–H and O–H groups in total. The molecule has 0 aliphatic heterocycles. The third-order valence-electron chi connectivity index (χ3n) is 2.98. The predicted molar refractivity (Wildman–Crippen MR) is 80.5 cm³/mol. The van der Waals surface area contributed by atoms with Gasteiger partial charge in [-0.05, 0) is 12.1 Å². The zero-order chi connectivity index (χ0) is 15.2. The van der Waals surface area contributed by atoms with Crippen molar-refractivity contribution in [2.24, 2.45) is 0 Å². The van der Waals surface area contributed by atoms with Crippen LogP contribution in [0.3, 0.4) is 0 Å². The van der Waals surface area contributed by atoms with Gasteiger partial charge in [0.2, 0.25) is 0 Å². The fourth-order valence-electron chi connectivity index (χ4n) is 1.89. The van der Waals surface area contributed by atoms with E-state index in [0.29, 0.717) is 28.5 Å². The Labute approximate surface area is 123 Å². The molecule has 2 aromatic carbocycles. The Kier molecular flexibility index (Phi) is 4.52. The Morgan fingerprint density at radius 2 is 1.48 bits per heavy atom. The van der Waals surface area contributed by atoms with Gasteiger partial charge in [-0.25, -0.2) is 0 Å². The van der Waals surface area contributed by atoms with E-state index in [4.69, 9.17) is 14.2 Å². The average Bonchev–Trinajstić information content (AvgIpc) is 2.54. The summed E-state index contributed by atoms with van der Waals surface area (Å²) in [5.74, 6) is 2.00. The first-order valence-electron chi connectivity index (χ1n) is 6.28. The van der Waals surface area contributed by atoms with E-state index in [9.17, 15) is 5.26 Å². The Morgan fingerprint density at radius 3 is 2.00 bits per heavy atom. The number of hydrogen-bond donors (Lipinski definition) is 1. The van der Waals surface area contributed by atoms with Crippen molar-refractivity contribution in [2.45, 2.75) is 0 Å². The van der Waals surface area contributed by atoms with Crippen LogP contribution < -0.4 is 19.5 Å². The van der Waals surface area contributed by atoms with Crippen molar-refractivity contribution in [1.82, 2.24) is 0 Å². The predicted octanol–water partition coefficient (Wildman–Crippen LogP) is 3.33. The molecule has 0 bridgehead atoms. The van der Waals surface area contributed by atoms with E-state index < -0.39 is 0 Å². The molecule has 2 rings (SSSR count). The van der Waals surface area contributed by atoms with Crippen molar-refractivity contribution in [2.75, 3.05) is 26.6 Å². The fourth-order valence-corrected chi connectivity index (χ4v) is 1.89. The van der Waals surface area contributed by atoms with Gasteiger partial charge in [0.15, 0.2) is 0 Å². The summed E-state index contributed by atoms with van der Waals surface area (Å²) in [6.45, 7) is 0. The van der Waals surface area contributed by atoms with E-state index >= 15 is 0 Å². The van der Waals surface area contributed by atoms with Gasteiger partial charge in [0.05, 0.1) is 32.6 Å². The first kappa shape index (κ1) is 14.5. The fraction of sp³-hybridized carbons (Fsp3) is 0.188. The number of ether oxygens (including phenoxy) is 3. The molecule has 108 valence electrons. The number of benzene rings is 2. The Balaban J connectivity index is 2.39. The molecule has 0 spiro atoms. The van der Waals surface area contributed by atoms with Crippen LogP contribution >= 0.6 is 0 Å². The van der Waals surface area contributed by atoms with E-state index in [0.717, 1.165) is 5.69 Å². The van der Waals surface area contributed by atoms with Crippen LogP contribution in [-0.2, 0) is 0 Å². The number of nitriles is 1. The maximum Gasteiger partial charge on any atom is 0.124 e. The maximum atomic E-state index is 9.18. The Bertz CT molecular complexity index is 655. The van der Waals surface area contributed by atoms with Crippen molar-refractivity contribution in [3.8, 4) is 23.3 Å². The molecule has 2 aromatic rings. The zero-order valence-corrected chi connectivity index (χ0v) is 12.1. The van der Waals surface area contributed by atoms with Gasteiger partial charge < -0.3 is 19.5 Å². The van der Waals surface area contributed by atoms with Crippen LogP contribution in [0.4, 0.5) is 11.4 Å². The van der Waals surface area contributed by atoms with Gasteiger partial charge in [0, 0.05) is 30.0 Å². The van der Waals surface area contributed by atoms with E-state index in [1.165, 1.54) is 0 Å². The zero-order valence-electron chi connectivity index (χ0n) is 12.1. The molecule has 0 aliphatic carbocycles. The monoisotopic (exact) mass is 284 g/mol. The summed E-state index contributed by atoms with van der Waals surface area (Å²) in [6.07, 6.45) is 0. The van der Waals surface area contributed by atoms with Crippen molar-refractivity contribution < 1.29 is 14.2 Å². The normalized spacial score (nSPS) is 9.62. The Hall–Kier alpha value is -2.87. The molecule has 0 fully saturated rings. The van der Waals surface area contributed by atoms with E-state index in [1.807, 2.05) is 12.1 Å². The number of nitrogens with zero attached hydrogens (tertiary/aromatic N) is 1. The van der Waals surface area contributed by atoms with E-state index in [2.05, 4.69) is 11.4 Å². The summed E-state index contributed by atoms with van der Waals surface area (Å²) < 4.78 is 15.6. The second kappa shape index (κ2) is 6.53. The summed E-state index contributed by atoms with van der Waals surface area (Å²) in [5, 5.41) is 12.4. The van der Waals surface area contributed by atoms with Crippen molar-refractivity contribution in [1.29, 1.82) is 5.26 Å². The highest BCUT2D eigenvalue weighted by atomic mass is 16.5. The summed E-state index contributed by atoms with van der Waals surface area (Å²) in [4.78, 5) is 0. The summed E-state index contributed by atoms with van der Waals surface area (Å²) in [7, 11) is 4.76. The highest BCUT2D eigenvalue weighted by Crippen LogP contribution is 2.30. The molecular weight excluding hydrogens is 268 g/mol. The van der Waals surface area contributed by atoms with Gasteiger partial charge in [-0.2, -0.15) is 5.26 Å². The van der Waals surface area contributed by atoms with E-state index in [-0.39, 0.29) is 0 Å². The van der Waals surface area contributed by atoms with Crippen LogP contribution in [0, 0.1) is 11.3 Å². The van der Waals surface area contributed by atoms with Gasteiger partial charge in [-0.15, -0.1) is 0 Å². The minimum absolute atomic E-state index is 0.526. The number of hydrogen-bond acceptors (Lipinski definition) is 5. The molecule has 0 saturated carbocycles. The first-order valence-corrected chi connectivity index (χ1v) is 6.28. The lowest BCUT2D eigenvalue weighted by Crippen LogP contribution is -1.96. The molecule has 0 radical (unpaired) electrons. The van der Waals surface area contributed by atoms with Gasteiger partial charge in [0.25, 0.3) is 0 Å². The molecule has 0 heterocycles. The largest absolute Gasteiger partial charge is 0.497 e. The van der Waals surface area contributed by atoms with Crippen molar-refractivity contribution in [3.05, 3.63) is 42.0 Å². The second-order valence-electron chi connectivity index (χ2n) is 4.25. The molecule has 0 aliphatic rings. The lowest BCUT2D eigenvalue weighted by Gasteiger charge is -2.12. The third kappa shape index (κ3) is 3.37. The summed E-state index contributed by atoms with van der Waals surface area (Å²) >= 11 is 0. The lowest BCUT2D eigenvalue weighted by atomic mass is 10.1. The number of rotatable bonds is 5. The van der Waals surface area contributed by atoms with Crippen molar-refractivity contribution >= 4 is 11.4 Å². The second-order valence-corrected chi connectivity index (χ2v) is 4.25. The van der Waals surface area contributed by atoms with Gasteiger partial charge in [-0.1, -0.05) is 0 Å². The smallest absolute Gasteiger partial charge is 0.124 e. The summed E-state index contributed by atoms with van der Waals surface area (Å²) in [5.41, 5.74) is 1.95. The van der Waals surface area contributed by atoms with Crippen LogP contribution in [0.15, 0.2) is 36.4 Å². The molecule has 5 nitrogen and oxygen atoms in total. The maximum absolute atomic E-state index is 9.18. The highest BCUT2D eigenvalue weighted by Gasteiger charge is 2.07. The minimum atomic E-state index is 0.526. The van der Waals surface area contributed by atoms with Crippen LogP contribution in [-0.4, -0.2) is 21.3 Å². The molecule has 0 aromatic heterocycles. The topological polar surface area (TPSA) is 63.5 Å². The molecule has 0 unspecified atom stereocenters. The number of nitrogens with one attached hydrogen (secondary N) is 1. The summed E-state index contributed by atoms with van der Waals surface area (Å²) in [6, 6.07) is 12.8. The quantitative estimate of drug-likeness (QED) is 0.912. The van der Waals surface area contributed by atoms with Crippen LogP contribution in [0.25, 0.3) is 0 Å². The molecule has 0 amide bonds. The molecule has 5 heteroatoms. The number of anilines is 2. The van der Waals surface area contributed by atoms with Gasteiger partial charge in [-0.3, -0.25) is 0 Å². The molecule has 21 heavy (non-hydrogen) atoms. The van der Waals surface area contributed by atoms with Crippen molar-refractivity contribution in [3.63, 3.8) is 0 Å². The Morgan fingerprint density at radius 1 is 0.857 bits per heavy atom. The molecule has 0 saturated heterocycles. The van der Waals surface area contributed by atoms with Gasteiger partial charge in [0.1, 0.15) is 23.3 Å². The van der Waals surface area contributed by atoms with Crippen LogP contribution in [0.1, 0.15) is 5.56 Å². The van der Waals surface area contributed by atoms with Gasteiger partial charge >= 0.3 is 0 Å². The third-order valence-corrected chi connectivity index (χ3v) is 2.98. The standard InChI is InChI=1S/C16H16N2O3/c1-19-13-5-4-11(10-17)16(9-13)18-12-6-14(20-2)8-15(7-12)21-3/h4-9,18H,1-3H3. The first-order chi connectivity index (χ1) is 10.2. The molecule has 0 atom stereocenters. The van der Waals surface area contributed by atoms with E-state index in [1.54, 1.807) is 45.6 Å². The average molecular weight is 284 g/mol. The SMILES string of the molecule is COc1cc(Nc2cc(OC)ccc2C#N)cc(OC)c1. The van der Waals surface area contributed by atoms with Crippen LogP contribution in [0.5, 0.6) is 17.2 Å². The number of methoxy groups -OCH3 is 3.